The third-order valence-electron chi connectivity index (χ3n) is 10.3. The fourth-order valence-corrected chi connectivity index (χ4v) is 11.9. The Morgan fingerprint density at radius 2 is 0.522 bits per heavy atom. The monoisotopic (exact) mass is 762 g/mol. The maximum Gasteiger partial charge on any atom is 0.0991 e. The normalized spacial score (nSPS) is 11.5. The summed E-state index contributed by atoms with van der Waals surface area (Å²) in [6.45, 7) is 4.62. The largest absolute Gasteiger partial charge is 1.00 e. The van der Waals surface area contributed by atoms with Crippen LogP contribution in [0.1, 0.15) is 194 Å². The average molecular weight is 763 g/mol. The molecule has 0 fully saturated rings. The molecule has 46 heavy (non-hydrogen) atoms. The van der Waals surface area contributed by atoms with Gasteiger partial charge >= 0.3 is 0 Å². The summed E-state index contributed by atoms with van der Waals surface area (Å²) in [5, 5.41) is 3.31. The van der Waals surface area contributed by atoms with Crippen molar-refractivity contribution in [3.8, 4) is 0 Å². The van der Waals surface area contributed by atoms with Gasteiger partial charge in [0.15, 0.2) is 0 Å². The Morgan fingerprint density at radius 1 is 0.304 bits per heavy atom. The van der Waals surface area contributed by atoms with E-state index in [0.717, 1.165) is 0 Å². The molecule has 0 unspecified atom stereocenters. The number of halogens is 1. The molecule has 0 aliphatic rings. The Balaban J connectivity index is 0.0000106. The molecule has 0 radical (unpaired) electrons. The highest BCUT2D eigenvalue weighted by molar-refractivity contribution is 7.89. The van der Waals surface area contributed by atoms with Crippen LogP contribution in [0, 0.1) is 0 Å². The first kappa shape index (κ1) is 43.6. The molecule has 0 aliphatic carbocycles. The maximum absolute atomic E-state index is 2.47. The van der Waals surface area contributed by atoms with E-state index in [1.807, 2.05) is 0 Å². The van der Waals surface area contributed by atoms with Crippen LogP contribution < -0.4 is 34.6 Å². The molecule has 2 aromatic rings. The second-order valence-electron chi connectivity index (χ2n) is 14.3. The van der Waals surface area contributed by atoms with E-state index in [1.165, 1.54) is 192 Å². The lowest BCUT2D eigenvalue weighted by Crippen LogP contribution is -3.00. The van der Waals surface area contributed by atoms with Crippen molar-refractivity contribution in [2.24, 2.45) is 0 Å². The van der Waals surface area contributed by atoms with Gasteiger partial charge < -0.3 is 24.0 Å². The summed E-state index contributed by atoms with van der Waals surface area (Å²) >= 11 is 0. The van der Waals surface area contributed by atoms with Crippen LogP contribution in [0.5, 0.6) is 0 Å². The average Bonchev–Trinajstić information content (AvgIpc) is 3.08. The fourth-order valence-electron chi connectivity index (χ4n) is 7.36. The smallest absolute Gasteiger partial charge is 0.0991 e. The van der Waals surface area contributed by atoms with Gasteiger partial charge in [0, 0.05) is 0 Å². The second kappa shape index (κ2) is 31.8. The Bertz CT molecular complexity index is 792. The van der Waals surface area contributed by atoms with E-state index >= 15 is 0 Å². The van der Waals surface area contributed by atoms with Gasteiger partial charge in [0.1, 0.15) is 0 Å². The van der Waals surface area contributed by atoms with Gasteiger partial charge in [-0.1, -0.05) is 204 Å². The topological polar surface area (TPSA) is 0 Å². The van der Waals surface area contributed by atoms with Gasteiger partial charge in [-0.25, -0.2) is 0 Å². The van der Waals surface area contributed by atoms with Crippen LogP contribution in [-0.4, -0.2) is 12.3 Å². The summed E-state index contributed by atoms with van der Waals surface area (Å²) in [7, 11) is -1.37. The Morgan fingerprint density at radius 3 is 0.761 bits per heavy atom. The predicted molar refractivity (Wildman–Crippen MR) is 209 cm³/mol. The fraction of sp³-hybridized carbons (Fsp3) is 0.727. The van der Waals surface area contributed by atoms with Crippen molar-refractivity contribution in [1.29, 1.82) is 0 Å². The van der Waals surface area contributed by atoms with Crippen LogP contribution >= 0.6 is 7.26 Å². The second-order valence-corrected chi connectivity index (χ2v) is 18.1. The minimum Gasteiger partial charge on any atom is -1.00 e. The van der Waals surface area contributed by atoms with Crippen LogP contribution in [0.3, 0.4) is 0 Å². The van der Waals surface area contributed by atoms with Crippen LogP contribution in [0.15, 0.2) is 60.7 Å². The summed E-state index contributed by atoms with van der Waals surface area (Å²) in [6.07, 6.45) is 43.1. The number of rotatable bonds is 32. The third-order valence-corrected chi connectivity index (χ3v) is 15.0. The molecule has 2 aromatic carbocycles. The first-order valence-electron chi connectivity index (χ1n) is 20.3. The molecule has 2 rings (SSSR count). The van der Waals surface area contributed by atoms with E-state index < -0.39 is 7.26 Å². The molecule has 0 aromatic heterocycles. The molecular formula is C44H76IP. The van der Waals surface area contributed by atoms with Gasteiger partial charge in [-0.05, 0) is 49.9 Å². The zero-order valence-corrected chi connectivity index (χ0v) is 33.9. The molecule has 0 aliphatic heterocycles. The minimum absolute atomic E-state index is 0. The van der Waals surface area contributed by atoms with Gasteiger partial charge in [0.05, 0.1) is 30.2 Å². The summed E-state index contributed by atoms with van der Waals surface area (Å²) in [5.74, 6) is 0. The van der Waals surface area contributed by atoms with E-state index in [0.29, 0.717) is 0 Å². The van der Waals surface area contributed by atoms with Crippen molar-refractivity contribution >= 4 is 17.9 Å². The standard InChI is InChI=1S/C44H76P.HI/c1-3-5-7-9-11-13-15-17-19-21-23-25-27-35-41-45(43-37-31-29-32-38-43,44-39-33-30-34-40-44)42-36-28-26-24-22-20-18-16-14-12-10-8-6-4-2;/h29-34,37-40H,3-28,35-36,41-42H2,1-2H3;1H/q+1;/p-1. The summed E-state index contributed by atoms with van der Waals surface area (Å²) in [4.78, 5) is 0. The van der Waals surface area contributed by atoms with Crippen LogP contribution in [0.4, 0.5) is 0 Å². The molecule has 0 amide bonds. The van der Waals surface area contributed by atoms with E-state index in [-0.39, 0.29) is 24.0 Å². The van der Waals surface area contributed by atoms with Gasteiger partial charge in [-0.3, -0.25) is 0 Å². The molecule has 264 valence electrons. The van der Waals surface area contributed by atoms with Crippen molar-refractivity contribution in [2.75, 3.05) is 12.3 Å². The highest BCUT2D eigenvalue weighted by atomic mass is 127. The molecule has 2 heteroatoms. The zero-order valence-electron chi connectivity index (χ0n) is 30.8. The van der Waals surface area contributed by atoms with Crippen molar-refractivity contribution in [3.63, 3.8) is 0 Å². The first-order chi connectivity index (χ1) is 22.3. The van der Waals surface area contributed by atoms with E-state index in [1.54, 1.807) is 10.6 Å². The van der Waals surface area contributed by atoms with Crippen molar-refractivity contribution in [3.05, 3.63) is 60.7 Å². The molecule has 0 atom stereocenters. The van der Waals surface area contributed by atoms with Crippen molar-refractivity contribution < 1.29 is 24.0 Å². The number of hydrogen-bond acceptors (Lipinski definition) is 0. The summed E-state index contributed by atoms with van der Waals surface area (Å²) in [5.41, 5.74) is 0. The molecular weight excluding hydrogens is 686 g/mol. The molecule has 0 bridgehead atoms. The first-order valence-corrected chi connectivity index (χ1v) is 22.5. The van der Waals surface area contributed by atoms with Crippen molar-refractivity contribution in [1.82, 2.24) is 0 Å². The van der Waals surface area contributed by atoms with Crippen LogP contribution in [0.25, 0.3) is 0 Å². The van der Waals surface area contributed by atoms with Gasteiger partial charge in [-0.2, -0.15) is 0 Å². The Hall–Kier alpha value is -0.400. The molecule has 0 spiro atoms. The predicted octanol–water partition coefficient (Wildman–Crippen LogP) is 11.6. The third kappa shape index (κ3) is 20.9. The molecule has 0 nitrogen and oxygen atoms in total. The van der Waals surface area contributed by atoms with E-state index in [4.69, 9.17) is 0 Å². The number of hydrogen-bond donors (Lipinski definition) is 0. The van der Waals surface area contributed by atoms with E-state index in [2.05, 4.69) is 74.5 Å². The van der Waals surface area contributed by atoms with Gasteiger partial charge in [-0.15, -0.1) is 0 Å². The van der Waals surface area contributed by atoms with Crippen molar-refractivity contribution in [2.45, 2.75) is 194 Å². The molecule has 0 saturated carbocycles. The molecule has 0 saturated heterocycles. The highest BCUT2D eigenvalue weighted by Crippen LogP contribution is 2.57. The van der Waals surface area contributed by atoms with Gasteiger partial charge in [0.25, 0.3) is 0 Å². The van der Waals surface area contributed by atoms with Crippen LogP contribution in [-0.2, 0) is 0 Å². The minimum atomic E-state index is -1.37. The SMILES string of the molecule is CCCCCCCCCCCCCCCC[P+](CCCCCCCCCCCCCCCC)(c1ccccc1)c1ccccc1.[I-]. The zero-order chi connectivity index (χ0) is 31.9. The maximum atomic E-state index is 2.47. The van der Waals surface area contributed by atoms with Crippen LogP contribution in [0.2, 0.25) is 0 Å². The highest BCUT2D eigenvalue weighted by Gasteiger charge is 2.41. The lowest BCUT2D eigenvalue weighted by atomic mass is 10.0. The Kier molecular flexibility index (Phi) is 30.2. The summed E-state index contributed by atoms with van der Waals surface area (Å²) in [6, 6.07) is 23.5. The quantitative estimate of drug-likeness (QED) is 0.0396. The summed E-state index contributed by atoms with van der Waals surface area (Å²) < 4.78 is 0. The molecule has 0 heterocycles. The lowest BCUT2D eigenvalue weighted by molar-refractivity contribution is -0.00000963. The van der Waals surface area contributed by atoms with E-state index in [9.17, 15) is 0 Å². The van der Waals surface area contributed by atoms with Gasteiger partial charge in [0.2, 0.25) is 0 Å². The Labute approximate surface area is 306 Å². The lowest BCUT2D eigenvalue weighted by Gasteiger charge is -2.28. The molecule has 0 N–H and O–H groups in total. The number of benzene rings is 2. The number of unbranched alkanes of at least 4 members (excludes halogenated alkanes) is 26.